The summed E-state index contributed by atoms with van der Waals surface area (Å²) in [6.45, 7) is 9.97. The number of carbonyl (C=O) groups is 2. The number of nitrogens with zero attached hydrogens (tertiary/aromatic N) is 3. The van der Waals surface area contributed by atoms with Gasteiger partial charge < -0.3 is 34.5 Å². The Morgan fingerprint density at radius 1 is 1.04 bits per heavy atom. The van der Waals surface area contributed by atoms with Gasteiger partial charge in [-0.3, -0.25) is 4.79 Å². The second-order valence-corrected chi connectivity index (χ2v) is 19.0. The predicted molar refractivity (Wildman–Crippen MR) is 171 cm³/mol. The van der Waals surface area contributed by atoms with Gasteiger partial charge in [0.05, 0.1) is 24.8 Å². The van der Waals surface area contributed by atoms with Gasteiger partial charge in [-0.25, -0.2) is 19.2 Å². The summed E-state index contributed by atoms with van der Waals surface area (Å²) in [5.41, 5.74) is 3.17. The van der Waals surface area contributed by atoms with Crippen molar-refractivity contribution in [1.29, 1.82) is 0 Å². The van der Waals surface area contributed by atoms with Gasteiger partial charge in [-0.05, 0) is 63.5 Å². The molecule has 0 atom stereocenters. The van der Waals surface area contributed by atoms with Crippen LogP contribution in [-0.4, -0.2) is 72.1 Å². The molecule has 3 aromatic rings. The minimum atomic E-state index is -1.34. The zero-order chi connectivity index (χ0) is 32.3. The second kappa shape index (κ2) is 13.7. The van der Waals surface area contributed by atoms with Crippen molar-refractivity contribution in [2.24, 2.45) is 5.92 Å². The number of amides is 2. The van der Waals surface area contributed by atoms with Crippen LogP contribution in [0.2, 0.25) is 25.7 Å². The summed E-state index contributed by atoms with van der Waals surface area (Å²) in [5, 5.41) is 14.8. The van der Waals surface area contributed by atoms with Crippen LogP contribution in [0.3, 0.4) is 0 Å². The van der Waals surface area contributed by atoms with Crippen molar-refractivity contribution in [1.82, 2.24) is 25.2 Å². The molecule has 2 saturated carbocycles. The molecule has 2 aliphatic carbocycles. The molecule has 0 bridgehead atoms. The SMILES string of the molecule is COc1cc(-c2ncnc3c(C(=O)N[C@H]4CC[C@H](NC(=O)O)CC4)c(C)n(COCC[Si](C)(C)C)c23)c(OCC2CC2)cc1F. The zero-order valence-corrected chi connectivity index (χ0v) is 27.7. The summed E-state index contributed by atoms with van der Waals surface area (Å²) in [7, 11) is 0.0710. The van der Waals surface area contributed by atoms with Gasteiger partial charge in [0, 0.05) is 44.1 Å². The van der Waals surface area contributed by atoms with Gasteiger partial charge in [0.1, 0.15) is 30.0 Å². The molecule has 244 valence electrons. The van der Waals surface area contributed by atoms with E-state index in [-0.39, 0.29) is 30.5 Å². The van der Waals surface area contributed by atoms with Gasteiger partial charge in [0.15, 0.2) is 11.6 Å². The Kier molecular flexibility index (Phi) is 9.97. The Morgan fingerprint density at radius 3 is 2.36 bits per heavy atom. The van der Waals surface area contributed by atoms with Crippen LogP contribution in [0.25, 0.3) is 22.3 Å². The van der Waals surface area contributed by atoms with E-state index in [1.807, 2.05) is 11.5 Å². The molecule has 11 nitrogen and oxygen atoms in total. The summed E-state index contributed by atoms with van der Waals surface area (Å²) in [6.07, 6.45) is 5.15. The first-order valence-corrected chi connectivity index (χ1v) is 19.4. The molecule has 2 aromatic heterocycles. The second-order valence-electron chi connectivity index (χ2n) is 13.4. The summed E-state index contributed by atoms with van der Waals surface area (Å²) in [4.78, 5) is 34.2. The summed E-state index contributed by atoms with van der Waals surface area (Å²) >= 11 is 0. The summed E-state index contributed by atoms with van der Waals surface area (Å²) in [5.74, 6) is 0.0572. The van der Waals surface area contributed by atoms with Crippen LogP contribution < -0.4 is 20.1 Å². The van der Waals surface area contributed by atoms with Crippen LogP contribution in [0.5, 0.6) is 11.5 Å². The number of hydrogen-bond acceptors (Lipinski definition) is 7. The average molecular weight is 642 g/mol. The fourth-order valence-electron chi connectivity index (χ4n) is 5.76. The highest BCUT2D eigenvalue weighted by atomic mass is 28.3. The number of benzene rings is 1. The fourth-order valence-corrected chi connectivity index (χ4v) is 6.52. The molecule has 2 fully saturated rings. The van der Waals surface area contributed by atoms with Crippen molar-refractivity contribution in [3.05, 3.63) is 35.5 Å². The van der Waals surface area contributed by atoms with Crippen LogP contribution in [-0.2, 0) is 11.5 Å². The monoisotopic (exact) mass is 641 g/mol. The Balaban J connectivity index is 1.53. The molecule has 13 heteroatoms. The number of rotatable bonds is 13. The van der Waals surface area contributed by atoms with Gasteiger partial charge in [-0.2, -0.15) is 0 Å². The maximum absolute atomic E-state index is 14.9. The van der Waals surface area contributed by atoms with E-state index in [9.17, 15) is 14.0 Å². The number of nitrogens with one attached hydrogen (secondary N) is 2. The molecule has 0 aliphatic heterocycles. The molecule has 2 aliphatic rings. The van der Waals surface area contributed by atoms with E-state index in [4.69, 9.17) is 19.3 Å². The Morgan fingerprint density at radius 2 is 1.73 bits per heavy atom. The maximum atomic E-state index is 14.9. The first-order valence-electron chi connectivity index (χ1n) is 15.7. The van der Waals surface area contributed by atoms with E-state index >= 15 is 0 Å². The molecule has 0 spiro atoms. The molecule has 0 radical (unpaired) electrons. The third kappa shape index (κ3) is 7.93. The summed E-state index contributed by atoms with van der Waals surface area (Å²) in [6, 6.07) is 3.68. The average Bonchev–Trinajstić information content (AvgIpc) is 3.76. The van der Waals surface area contributed by atoms with Crippen molar-refractivity contribution in [2.45, 2.75) is 89.9 Å². The smallest absolute Gasteiger partial charge is 0.404 e. The van der Waals surface area contributed by atoms with Crippen LogP contribution in [0, 0.1) is 18.7 Å². The predicted octanol–water partition coefficient (Wildman–Crippen LogP) is 5.96. The molecular weight excluding hydrogens is 597 g/mol. The third-order valence-corrected chi connectivity index (χ3v) is 10.3. The van der Waals surface area contributed by atoms with Crippen LogP contribution in [0.4, 0.5) is 9.18 Å². The number of methoxy groups -OCH3 is 1. The van der Waals surface area contributed by atoms with Crippen molar-refractivity contribution >= 4 is 31.1 Å². The van der Waals surface area contributed by atoms with Crippen molar-refractivity contribution in [2.75, 3.05) is 20.3 Å². The Labute approximate surface area is 263 Å². The lowest BCUT2D eigenvalue weighted by molar-refractivity contribution is 0.0877. The van der Waals surface area contributed by atoms with E-state index in [2.05, 4.69) is 40.2 Å². The maximum Gasteiger partial charge on any atom is 0.404 e. The highest BCUT2D eigenvalue weighted by molar-refractivity contribution is 6.76. The van der Waals surface area contributed by atoms with Crippen molar-refractivity contribution in [3.8, 4) is 22.8 Å². The molecular formula is C32H44FN5O6Si. The zero-order valence-electron chi connectivity index (χ0n) is 26.7. The number of ether oxygens (including phenoxy) is 3. The first-order chi connectivity index (χ1) is 21.4. The third-order valence-electron chi connectivity index (χ3n) is 8.61. The molecule has 1 aromatic carbocycles. The highest BCUT2D eigenvalue weighted by Crippen LogP contribution is 2.40. The van der Waals surface area contributed by atoms with Crippen molar-refractivity contribution in [3.63, 3.8) is 0 Å². The molecule has 2 heterocycles. The van der Waals surface area contributed by atoms with Gasteiger partial charge in [-0.1, -0.05) is 19.6 Å². The fraction of sp³-hybridized carbons (Fsp3) is 0.562. The Hall–Kier alpha value is -3.71. The molecule has 45 heavy (non-hydrogen) atoms. The van der Waals surface area contributed by atoms with E-state index < -0.39 is 20.0 Å². The molecule has 2 amide bonds. The number of carboxylic acid groups (broad SMARTS) is 1. The largest absolute Gasteiger partial charge is 0.494 e. The van der Waals surface area contributed by atoms with E-state index in [0.717, 1.165) is 18.9 Å². The topological polar surface area (TPSA) is 137 Å². The lowest BCUT2D eigenvalue weighted by atomic mass is 9.91. The quantitative estimate of drug-likeness (QED) is 0.154. The van der Waals surface area contributed by atoms with Crippen LogP contribution in [0.15, 0.2) is 18.5 Å². The van der Waals surface area contributed by atoms with Crippen molar-refractivity contribution < 1.29 is 33.3 Å². The summed E-state index contributed by atoms with van der Waals surface area (Å²) < 4.78 is 34.5. The van der Waals surface area contributed by atoms with E-state index in [1.165, 1.54) is 19.5 Å². The van der Waals surface area contributed by atoms with E-state index in [0.29, 0.717) is 84.1 Å². The lowest BCUT2D eigenvalue weighted by Gasteiger charge is -2.28. The van der Waals surface area contributed by atoms with Crippen LogP contribution >= 0.6 is 0 Å². The first kappa shape index (κ1) is 32.7. The standard InChI is InChI=1S/C32H44FN5O6Si/c1-19-27(31(39)36-21-8-10-22(11-9-21)37-32(40)41)29-30(38(19)18-43-12-13-45(3,4)5)28(34-17-35-29)23-14-26(42-2)24(33)15-25(23)44-16-20-6-7-20/h14-15,17,20-22,37H,6-13,16,18H2,1-5H3,(H,36,39)(H,40,41)/t21-,22-. The molecule has 3 N–H and O–H groups in total. The van der Waals surface area contributed by atoms with Gasteiger partial charge in [-0.15, -0.1) is 0 Å². The Bertz CT molecular complexity index is 1550. The number of carbonyl (C=O) groups excluding carboxylic acids is 1. The molecule has 0 unspecified atom stereocenters. The van der Waals surface area contributed by atoms with Gasteiger partial charge in [0.25, 0.3) is 5.91 Å². The minimum absolute atomic E-state index is 0.0581. The molecule has 0 saturated heterocycles. The molecule has 5 rings (SSSR count). The van der Waals surface area contributed by atoms with E-state index in [1.54, 1.807) is 6.07 Å². The lowest BCUT2D eigenvalue weighted by Crippen LogP contribution is -2.43. The van der Waals surface area contributed by atoms with Crippen LogP contribution in [0.1, 0.15) is 54.6 Å². The number of hydrogen-bond donors (Lipinski definition) is 3. The van der Waals surface area contributed by atoms with Gasteiger partial charge in [0.2, 0.25) is 0 Å². The highest BCUT2D eigenvalue weighted by Gasteiger charge is 2.30. The number of aromatic nitrogens is 3. The normalized spacial score (nSPS) is 18.5. The van der Waals surface area contributed by atoms with Gasteiger partial charge >= 0.3 is 6.09 Å². The minimum Gasteiger partial charge on any atom is -0.494 e. The number of halogens is 1. The number of fused-ring (bicyclic) bond motifs is 1.